The first-order chi connectivity index (χ1) is 15.9. The Labute approximate surface area is 195 Å². The van der Waals surface area contributed by atoms with Gasteiger partial charge in [0.15, 0.2) is 5.71 Å². The van der Waals surface area contributed by atoms with Crippen LogP contribution in [0.3, 0.4) is 0 Å². The average molecular weight is 454 g/mol. The molecule has 0 spiro atoms. The number of carboxylic acids is 1. The number of aromatic carboxylic acids is 1. The first kappa shape index (κ1) is 20.4. The molecule has 2 aromatic carbocycles. The topological polar surface area (TPSA) is 43.6 Å². The SMILES string of the molecule is C[Si]1(C)C2=CC(=[N+]3CCC3)C=CC2=C(c2ccccc2C(=O)O)c2ccc(N3CCC3)cc21. The molecule has 33 heavy (non-hydrogen) atoms. The summed E-state index contributed by atoms with van der Waals surface area (Å²) >= 11 is 0. The predicted molar refractivity (Wildman–Crippen MR) is 137 cm³/mol. The molecule has 6 rings (SSSR count). The smallest absolute Gasteiger partial charge is 0.336 e. The van der Waals surface area contributed by atoms with E-state index in [0.717, 1.165) is 37.3 Å². The average Bonchev–Trinajstić information content (AvgIpc) is 2.72. The van der Waals surface area contributed by atoms with Crippen LogP contribution in [0.25, 0.3) is 5.57 Å². The summed E-state index contributed by atoms with van der Waals surface area (Å²) in [6.45, 7) is 9.38. The Balaban J connectivity index is 1.64. The largest absolute Gasteiger partial charge is 0.478 e. The van der Waals surface area contributed by atoms with E-state index in [0.29, 0.717) is 5.56 Å². The van der Waals surface area contributed by atoms with E-state index in [1.807, 2.05) is 18.2 Å². The maximum absolute atomic E-state index is 12.2. The van der Waals surface area contributed by atoms with E-state index in [4.69, 9.17) is 0 Å². The van der Waals surface area contributed by atoms with Gasteiger partial charge in [0, 0.05) is 30.9 Å². The van der Waals surface area contributed by atoms with E-state index in [2.05, 4.69) is 59.0 Å². The second-order valence-electron chi connectivity index (χ2n) is 9.99. The lowest BCUT2D eigenvalue weighted by Gasteiger charge is -2.40. The molecule has 0 unspecified atom stereocenters. The highest BCUT2D eigenvalue weighted by Crippen LogP contribution is 2.43. The van der Waals surface area contributed by atoms with Crippen LogP contribution in [0.1, 0.15) is 34.3 Å². The summed E-state index contributed by atoms with van der Waals surface area (Å²) in [6.07, 6.45) is 9.39. The summed E-state index contributed by atoms with van der Waals surface area (Å²) in [7, 11) is -2.00. The molecule has 2 aromatic rings. The molecule has 5 heteroatoms. The quantitative estimate of drug-likeness (QED) is 0.559. The second kappa shape index (κ2) is 7.42. The monoisotopic (exact) mass is 453 g/mol. The molecule has 0 amide bonds. The first-order valence-electron chi connectivity index (χ1n) is 11.9. The zero-order chi connectivity index (χ0) is 22.7. The standard InChI is InChI=1S/C28H28N2O2Si/c1-33(2)25-17-19(29-13-5-14-29)9-11-23(25)27(21-7-3-4-8-22(21)28(31)32)24-12-10-20(18-26(24)33)30-15-6-16-30/h3-4,7-12,17-18H,5-6,13-16H2,1-2H3/p+1. The number of allylic oxidation sites excluding steroid dienone is 5. The van der Waals surface area contributed by atoms with E-state index in [1.165, 1.54) is 45.8 Å². The molecular weight excluding hydrogens is 424 g/mol. The number of nitrogens with zero attached hydrogens (tertiary/aromatic N) is 2. The van der Waals surface area contributed by atoms with Crippen molar-refractivity contribution in [2.24, 2.45) is 0 Å². The van der Waals surface area contributed by atoms with Gasteiger partial charge in [0.2, 0.25) is 0 Å². The molecule has 2 saturated heterocycles. The molecule has 0 radical (unpaired) electrons. The van der Waals surface area contributed by atoms with Crippen molar-refractivity contribution in [2.45, 2.75) is 25.9 Å². The van der Waals surface area contributed by atoms with Gasteiger partial charge in [-0.3, -0.25) is 0 Å². The number of benzene rings is 2. The van der Waals surface area contributed by atoms with Crippen LogP contribution in [0, 0.1) is 0 Å². The number of hydrogen-bond acceptors (Lipinski definition) is 2. The molecule has 3 aliphatic heterocycles. The zero-order valence-electron chi connectivity index (χ0n) is 19.3. The molecule has 0 atom stereocenters. The van der Waals surface area contributed by atoms with Crippen molar-refractivity contribution in [3.05, 3.63) is 88.2 Å². The Morgan fingerprint density at radius 3 is 2.45 bits per heavy atom. The third-order valence-electron chi connectivity index (χ3n) is 7.76. The van der Waals surface area contributed by atoms with Gasteiger partial charge in [-0.2, -0.15) is 0 Å². The summed E-state index contributed by atoms with van der Waals surface area (Å²) < 4.78 is 2.45. The number of rotatable bonds is 3. The fourth-order valence-electron chi connectivity index (χ4n) is 5.54. The minimum atomic E-state index is -2.00. The summed E-state index contributed by atoms with van der Waals surface area (Å²) in [5, 5.41) is 12.8. The molecule has 4 aliphatic rings. The van der Waals surface area contributed by atoms with E-state index in [1.54, 1.807) is 6.07 Å². The number of fused-ring (bicyclic) bond motifs is 2. The highest BCUT2D eigenvalue weighted by molar-refractivity contribution is 6.98. The fourth-order valence-corrected chi connectivity index (χ4v) is 8.62. The van der Waals surface area contributed by atoms with Gasteiger partial charge in [-0.1, -0.05) is 37.4 Å². The lowest BCUT2D eigenvalue weighted by atomic mass is 9.87. The third kappa shape index (κ3) is 3.10. The molecule has 3 heterocycles. The number of carbonyl (C=O) groups is 1. The van der Waals surface area contributed by atoms with Crippen molar-refractivity contribution in [1.82, 2.24) is 0 Å². The zero-order valence-corrected chi connectivity index (χ0v) is 20.3. The molecular formula is C28H29N2O2Si+. The minimum absolute atomic E-state index is 0.365. The highest BCUT2D eigenvalue weighted by atomic mass is 28.3. The molecule has 2 fully saturated rings. The van der Waals surface area contributed by atoms with Gasteiger partial charge < -0.3 is 10.0 Å². The Bertz CT molecular complexity index is 1320. The van der Waals surface area contributed by atoms with Crippen molar-refractivity contribution in [3.8, 4) is 0 Å². The lowest BCUT2D eigenvalue weighted by Crippen LogP contribution is -2.50. The number of hydrogen-bond donors (Lipinski definition) is 1. The molecule has 4 nitrogen and oxygen atoms in total. The Kier molecular flexibility index (Phi) is 4.59. The normalized spacial score (nSPS) is 20.5. The van der Waals surface area contributed by atoms with Gasteiger partial charge in [-0.05, 0) is 63.4 Å². The van der Waals surface area contributed by atoms with Crippen LogP contribution in [-0.4, -0.2) is 55.6 Å². The Hall–Kier alpha value is -3.18. The molecule has 0 aromatic heterocycles. The third-order valence-corrected chi connectivity index (χ3v) is 11.3. The van der Waals surface area contributed by atoms with E-state index in [-0.39, 0.29) is 0 Å². The maximum atomic E-state index is 12.2. The fraction of sp³-hybridized carbons (Fsp3) is 0.286. The van der Waals surface area contributed by atoms with Crippen LogP contribution in [0.5, 0.6) is 0 Å². The molecule has 0 saturated carbocycles. The van der Waals surface area contributed by atoms with Crippen LogP contribution < -0.4 is 10.1 Å². The van der Waals surface area contributed by atoms with E-state index < -0.39 is 14.0 Å². The van der Waals surface area contributed by atoms with E-state index in [9.17, 15) is 9.90 Å². The van der Waals surface area contributed by atoms with Gasteiger partial charge in [0.1, 0.15) is 21.2 Å². The van der Waals surface area contributed by atoms with Crippen LogP contribution in [0.15, 0.2) is 71.5 Å². The van der Waals surface area contributed by atoms with E-state index >= 15 is 0 Å². The summed E-state index contributed by atoms with van der Waals surface area (Å²) in [4.78, 5) is 14.6. The van der Waals surface area contributed by atoms with Crippen molar-refractivity contribution in [3.63, 3.8) is 0 Å². The second-order valence-corrected chi connectivity index (χ2v) is 14.3. The van der Waals surface area contributed by atoms with Gasteiger partial charge in [0.25, 0.3) is 0 Å². The van der Waals surface area contributed by atoms with Crippen molar-refractivity contribution in [2.75, 3.05) is 31.1 Å². The van der Waals surface area contributed by atoms with Crippen LogP contribution in [0.2, 0.25) is 13.1 Å². The summed E-state index contributed by atoms with van der Waals surface area (Å²) in [5.41, 5.74) is 7.25. The van der Waals surface area contributed by atoms with Crippen molar-refractivity contribution < 1.29 is 14.5 Å². The van der Waals surface area contributed by atoms with Crippen LogP contribution >= 0.6 is 0 Å². The lowest BCUT2D eigenvalue weighted by molar-refractivity contribution is -0.582. The first-order valence-corrected chi connectivity index (χ1v) is 14.9. The van der Waals surface area contributed by atoms with Crippen molar-refractivity contribution in [1.29, 1.82) is 0 Å². The van der Waals surface area contributed by atoms with Crippen LogP contribution in [-0.2, 0) is 0 Å². The number of anilines is 1. The minimum Gasteiger partial charge on any atom is -0.478 e. The molecule has 1 N–H and O–H groups in total. The predicted octanol–water partition coefficient (Wildman–Crippen LogP) is 4.22. The number of carboxylic acid groups (broad SMARTS) is 1. The summed E-state index contributed by atoms with van der Waals surface area (Å²) in [6, 6.07) is 14.3. The molecule has 1 aliphatic carbocycles. The maximum Gasteiger partial charge on any atom is 0.336 e. The Morgan fingerprint density at radius 2 is 1.79 bits per heavy atom. The van der Waals surface area contributed by atoms with Gasteiger partial charge in [-0.15, -0.1) is 0 Å². The Morgan fingerprint density at radius 1 is 1.00 bits per heavy atom. The van der Waals surface area contributed by atoms with Gasteiger partial charge in [-0.25, -0.2) is 9.37 Å². The van der Waals surface area contributed by atoms with Crippen molar-refractivity contribution >= 4 is 36.2 Å². The molecule has 166 valence electrons. The summed E-state index contributed by atoms with van der Waals surface area (Å²) in [5.74, 6) is -0.877. The highest BCUT2D eigenvalue weighted by Gasteiger charge is 2.41. The van der Waals surface area contributed by atoms with Gasteiger partial charge in [0.05, 0.1) is 12.0 Å². The van der Waals surface area contributed by atoms with Gasteiger partial charge >= 0.3 is 5.97 Å². The molecule has 0 bridgehead atoms. The van der Waals surface area contributed by atoms with Crippen LogP contribution in [0.4, 0.5) is 5.69 Å².